The number of halogens is 2. The van der Waals surface area contributed by atoms with E-state index in [-0.39, 0.29) is 24.1 Å². The standard InChI is InChI=1S/C19H18ClFN2O2/c20-16-5-2-4-15(13-16)19(25)23-9-7-22(8-10-23)18(24)12-14-3-1-6-17(21)11-14/h1-6,11,13H,7-10,12H2. The molecule has 0 aromatic heterocycles. The molecule has 2 aromatic rings. The molecule has 2 aromatic carbocycles. The van der Waals surface area contributed by atoms with Gasteiger partial charge in [0.1, 0.15) is 5.82 Å². The van der Waals surface area contributed by atoms with Gasteiger partial charge in [0.25, 0.3) is 5.91 Å². The van der Waals surface area contributed by atoms with E-state index in [1.54, 1.807) is 46.2 Å². The van der Waals surface area contributed by atoms with E-state index < -0.39 is 0 Å². The summed E-state index contributed by atoms with van der Waals surface area (Å²) in [6, 6.07) is 12.9. The third-order valence-corrected chi connectivity index (χ3v) is 4.47. The van der Waals surface area contributed by atoms with Gasteiger partial charge in [-0.3, -0.25) is 9.59 Å². The molecule has 1 saturated heterocycles. The first-order valence-electron chi connectivity index (χ1n) is 8.10. The predicted octanol–water partition coefficient (Wildman–Crippen LogP) is 3.01. The second kappa shape index (κ2) is 7.66. The SMILES string of the molecule is O=C(Cc1cccc(F)c1)N1CCN(C(=O)c2cccc(Cl)c2)CC1. The van der Waals surface area contributed by atoms with E-state index in [0.29, 0.717) is 42.3 Å². The lowest BCUT2D eigenvalue weighted by Crippen LogP contribution is -2.51. The van der Waals surface area contributed by atoms with Gasteiger partial charge >= 0.3 is 0 Å². The third kappa shape index (κ3) is 4.37. The van der Waals surface area contributed by atoms with Gasteiger partial charge in [0.05, 0.1) is 6.42 Å². The summed E-state index contributed by atoms with van der Waals surface area (Å²) in [6.45, 7) is 1.89. The van der Waals surface area contributed by atoms with Crippen LogP contribution in [0.2, 0.25) is 5.02 Å². The topological polar surface area (TPSA) is 40.6 Å². The highest BCUT2D eigenvalue weighted by atomic mass is 35.5. The van der Waals surface area contributed by atoms with E-state index in [0.717, 1.165) is 0 Å². The maximum atomic E-state index is 13.2. The van der Waals surface area contributed by atoms with Crippen molar-refractivity contribution in [1.29, 1.82) is 0 Å². The number of hydrogen-bond acceptors (Lipinski definition) is 2. The van der Waals surface area contributed by atoms with Crippen LogP contribution in [0.4, 0.5) is 4.39 Å². The van der Waals surface area contributed by atoms with Crippen molar-refractivity contribution in [3.8, 4) is 0 Å². The van der Waals surface area contributed by atoms with E-state index in [1.807, 2.05) is 0 Å². The van der Waals surface area contributed by atoms with Crippen LogP contribution in [-0.2, 0) is 11.2 Å². The zero-order valence-electron chi connectivity index (χ0n) is 13.6. The molecule has 2 amide bonds. The molecule has 130 valence electrons. The molecule has 0 saturated carbocycles. The van der Waals surface area contributed by atoms with Crippen molar-refractivity contribution in [3.05, 3.63) is 70.5 Å². The largest absolute Gasteiger partial charge is 0.339 e. The Bertz CT molecular complexity index is 788. The number of nitrogens with zero attached hydrogens (tertiary/aromatic N) is 2. The molecule has 0 aliphatic carbocycles. The average Bonchev–Trinajstić information content (AvgIpc) is 2.61. The lowest BCUT2D eigenvalue weighted by atomic mass is 10.1. The van der Waals surface area contributed by atoms with Crippen molar-refractivity contribution in [2.45, 2.75) is 6.42 Å². The minimum atomic E-state index is -0.345. The molecule has 1 aliphatic rings. The van der Waals surface area contributed by atoms with Gasteiger partial charge in [-0.15, -0.1) is 0 Å². The van der Waals surface area contributed by atoms with E-state index in [4.69, 9.17) is 11.6 Å². The molecule has 0 N–H and O–H groups in total. The van der Waals surface area contributed by atoms with Gasteiger partial charge in [0.2, 0.25) is 5.91 Å². The van der Waals surface area contributed by atoms with Crippen molar-refractivity contribution in [1.82, 2.24) is 9.80 Å². The molecule has 3 rings (SSSR count). The van der Waals surface area contributed by atoms with Gasteiger partial charge < -0.3 is 9.80 Å². The minimum absolute atomic E-state index is 0.0551. The molecule has 0 radical (unpaired) electrons. The molecule has 1 fully saturated rings. The van der Waals surface area contributed by atoms with E-state index >= 15 is 0 Å². The Balaban J connectivity index is 1.56. The van der Waals surface area contributed by atoms with Gasteiger partial charge in [-0.25, -0.2) is 4.39 Å². The zero-order chi connectivity index (χ0) is 17.8. The second-order valence-corrected chi connectivity index (χ2v) is 6.43. The van der Waals surface area contributed by atoms with Crippen LogP contribution in [0.3, 0.4) is 0 Å². The highest BCUT2D eigenvalue weighted by Crippen LogP contribution is 2.15. The quantitative estimate of drug-likeness (QED) is 0.844. The Hall–Kier alpha value is -2.40. The summed E-state index contributed by atoms with van der Waals surface area (Å²) in [5.74, 6) is -0.484. The number of benzene rings is 2. The third-order valence-electron chi connectivity index (χ3n) is 4.24. The van der Waals surface area contributed by atoms with Gasteiger partial charge in [0.15, 0.2) is 0 Å². The molecular weight excluding hydrogens is 343 g/mol. The van der Waals surface area contributed by atoms with E-state index in [2.05, 4.69) is 0 Å². The van der Waals surface area contributed by atoms with Crippen molar-refractivity contribution in [2.24, 2.45) is 0 Å². The fourth-order valence-electron chi connectivity index (χ4n) is 2.90. The van der Waals surface area contributed by atoms with Crippen LogP contribution in [0.15, 0.2) is 48.5 Å². The molecule has 25 heavy (non-hydrogen) atoms. The van der Waals surface area contributed by atoms with E-state index in [1.165, 1.54) is 12.1 Å². The number of rotatable bonds is 3. The fraction of sp³-hybridized carbons (Fsp3) is 0.263. The molecule has 0 unspecified atom stereocenters. The number of piperazine rings is 1. The van der Waals surface area contributed by atoms with Crippen molar-refractivity contribution < 1.29 is 14.0 Å². The van der Waals surface area contributed by atoms with Gasteiger partial charge in [-0.1, -0.05) is 29.8 Å². The number of carbonyl (C=O) groups is 2. The molecule has 0 bridgehead atoms. The van der Waals surface area contributed by atoms with Crippen LogP contribution in [-0.4, -0.2) is 47.8 Å². The van der Waals surface area contributed by atoms with Crippen molar-refractivity contribution in [3.63, 3.8) is 0 Å². The molecule has 0 spiro atoms. The Labute approximate surface area is 150 Å². The second-order valence-electron chi connectivity index (χ2n) is 5.99. The summed E-state index contributed by atoms with van der Waals surface area (Å²) in [7, 11) is 0. The lowest BCUT2D eigenvalue weighted by molar-refractivity contribution is -0.131. The smallest absolute Gasteiger partial charge is 0.254 e. The average molecular weight is 361 g/mol. The van der Waals surface area contributed by atoms with Crippen molar-refractivity contribution >= 4 is 23.4 Å². The summed E-state index contributed by atoms with van der Waals surface area (Å²) in [5, 5.41) is 0.523. The van der Waals surface area contributed by atoms with Crippen LogP contribution >= 0.6 is 11.6 Å². The van der Waals surface area contributed by atoms with Gasteiger partial charge in [0, 0.05) is 36.8 Å². The maximum absolute atomic E-state index is 13.2. The van der Waals surface area contributed by atoms with Gasteiger partial charge in [-0.05, 0) is 35.9 Å². The first kappa shape index (κ1) is 17.4. The maximum Gasteiger partial charge on any atom is 0.254 e. The summed E-state index contributed by atoms with van der Waals surface area (Å²) < 4.78 is 13.2. The predicted molar refractivity (Wildman–Crippen MR) is 94.0 cm³/mol. The first-order valence-corrected chi connectivity index (χ1v) is 8.48. The highest BCUT2D eigenvalue weighted by molar-refractivity contribution is 6.30. The van der Waals surface area contributed by atoms with E-state index in [9.17, 15) is 14.0 Å². The van der Waals surface area contributed by atoms with Crippen molar-refractivity contribution in [2.75, 3.05) is 26.2 Å². The van der Waals surface area contributed by atoms with Crippen LogP contribution < -0.4 is 0 Å². The lowest BCUT2D eigenvalue weighted by Gasteiger charge is -2.35. The molecular formula is C19H18ClFN2O2. The molecule has 4 nitrogen and oxygen atoms in total. The molecule has 0 atom stereocenters. The first-order chi connectivity index (χ1) is 12.0. The Kier molecular flexibility index (Phi) is 5.34. The zero-order valence-corrected chi connectivity index (χ0v) is 14.4. The Morgan fingerprint density at radius 2 is 1.64 bits per heavy atom. The van der Waals surface area contributed by atoms with Crippen LogP contribution in [0.5, 0.6) is 0 Å². The fourth-order valence-corrected chi connectivity index (χ4v) is 3.09. The Morgan fingerprint density at radius 1 is 0.960 bits per heavy atom. The number of amides is 2. The summed E-state index contributed by atoms with van der Waals surface area (Å²) in [5.41, 5.74) is 1.20. The summed E-state index contributed by atoms with van der Waals surface area (Å²) >= 11 is 5.93. The molecule has 1 aliphatic heterocycles. The summed E-state index contributed by atoms with van der Waals surface area (Å²) in [4.78, 5) is 28.3. The van der Waals surface area contributed by atoms with Crippen LogP contribution in [0, 0.1) is 5.82 Å². The van der Waals surface area contributed by atoms with Crippen LogP contribution in [0.25, 0.3) is 0 Å². The monoisotopic (exact) mass is 360 g/mol. The highest BCUT2D eigenvalue weighted by Gasteiger charge is 2.25. The minimum Gasteiger partial charge on any atom is -0.339 e. The molecule has 1 heterocycles. The van der Waals surface area contributed by atoms with Crippen LogP contribution in [0.1, 0.15) is 15.9 Å². The normalized spacial score (nSPS) is 14.5. The number of carbonyl (C=O) groups excluding carboxylic acids is 2. The van der Waals surface area contributed by atoms with Gasteiger partial charge in [-0.2, -0.15) is 0 Å². The summed E-state index contributed by atoms with van der Waals surface area (Å²) in [6.07, 6.45) is 0.167. The molecule has 6 heteroatoms. The number of hydrogen-bond donors (Lipinski definition) is 0. The Morgan fingerprint density at radius 3 is 2.32 bits per heavy atom.